The molecule has 1 heterocycles. The Kier molecular flexibility index (Phi) is 3.15. The molecule has 0 atom stereocenters. The zero-order valence-electron chi connectivity index (χ0n) is 10.5. The molecule has 0 unspecified atom stereocenters. The second-order valence-electron chi connectivity index (χ2n) is 4.70. The molecule has 1 aliphatic carbocycles. The molecule has 20 heavy (non-hydrogen) atoms. The van der Waals surface area contributed by atoms with Crippen LogP contribution in [-0.4, -0.2) is 19.7 Å². The maximum atomic E-state index is 10.9. The Morgan fingerprint density at radius 1 is 1.40 bits per heavy atom. The van der Waals surface area contributed by atoms with E-state index in [1.807, 2.05) is 4.57 Å². The van der Waals surface area contributed by atoms with Gasteiger partial charge in [-0.15, -0.1) is 10.2 Å². The largest absolute Gasteiger partial charge is 0.324 e. The lowest BCUT2D eigenvalue weighted by molar-refractivity contribution is -0.384. The van der Waals surface area contributed by atoms with Gasteiger partial charge in [0.1, 0.15) is 5.82 Å². The van der Waals surface area contributed by atoms with E-state index in [1.165, 1.54) is 12.1 Å². The van der Waals surface area contributed by atoms with Crippen molar-refractivity contribution in [3.63, 3.8) is 0 Å². The molecule has 1 aromatic heterocycles. The normalized spacial score (nSPS) is 14.5. The minimum Gasteiger partial charge on any atom is -0.324 e. The van der Waals surface area contributed by atoms with Crippen molar-refractivity contribution < 1.29 is 4.92 Å². The Balaban J connectivity index is 2.13. The van der Waals surface area contributed by atoms with Gasteiger partial charge in [0.25, 0.3) is 5.69 Å². The minimum atomic E-state index is -0.475. The van der Waals surface area contributed by atoms with Crippen molar-refractivity contribution in [3.05, 3.63) is 39.2 Å². The van der Waals surface area contributed by atoms with Crippen LogP contribution in [-0.2, 0) is 6.54 Å². The van der Waals surface area contributed by atoms with E-state index in [0.29, 0.717) is 28.3 Å². The van der Waals surface area contributed by atoms with Crippen LogP contribution in [0.2, 0.25) is 5.02 Å². The molecule has 1 aliphatic rings. The summed E-state index contributed by atoms with van der Waals surface area (Å²) in [6.45, 7) is 0.284. The van der Waals surface area contributed by atoms with Gasteiger partial charge in [-0.25, -0.2) is 0 Å². The first-order chi connectivity index (χ1) is 9.60. The summed E-state index contributed by atoms with van der Waals surface area (Å²) in [5.41, 5.74) is 6.18. The molecule has 0 spiro atoms. The first kappa shape index (κ1) is 13.0. The summed E-state index contributed by atoms with van der Waals surface area (Å²) in [5, 5.41) is 19.4. The molecule has 2 N–H and O–H groups in total. The van der Waals surface area contributed by atoms with Gasteiger partial charge in [-0.1, -0.05) is 11.6 Å². The van der Waals surface area contributed by atoms with E-state index in [0.717, 1.165) is 12.8 Å². The van der Waals surface area contributed by atoms with E-state index in [9.17, 15) is 10.1 Å². The van der Waals surface area contributed by atoms with Crippen molar-refractivity contribution in [2.75, 3.05) is 0 Å². The van der Waals surface area contributed by atoms with Gasteiger partial charge in [0, 0.05) is 28.8 Å². The van der Waals surface area contributed by atoms with E-state index >= 15 is 0 Å². The van der Waals surface area contributed by atoms with Gasteiger partial charge >= 0.3 is 0 Å². The van der Waals surface area contributed by atoms with Crippen LogP contribution in [0, 0.1) is 10.1 Å². The van der Waals surface area contributed by atoms with Crippen LogP contribution in [0.5, 0.6) is 0 Å². The molecule has 8 heteroatoms. The van der Waals surface area contributed by atoms with Crippen molar-refractivity contribution in [3.8, 4) is 11.4 Å². The van der Waals surface area contributed by atoms with Gasteiger partial charge in [0.2, 0.25) is 0 Å². The van der Waals surface area contributed by atoms with E-state index in [-0.39, 0.29) is 12.2 Å². The lowest BCUT2D eigenvalue weighted by Gasteiger charge is -2.08. The molecule has 1 saturated carbocycles. The van der Waals surface area contributed by atoms with Crippen LogP contribution >= 0.6 is 11.6 Å². The SMILES string of the molecule is NCc1nnc(-c2cc(Cl)cc([N+](=O)[O-])c2)n1C1CC1. The number of halogens is 1. The van der Waals surface area contributed by atoms with E-state index in [1.54, 1.807) is 6.07 Å². The third-order valence-electron chi connectivity index (χ3n) is 3.21. The fourth-order valence-corrected chi connectivity index (χ4v) is 2.41. The summed E-state index contributed by atoms with van der Waals surface area (Å²) in [4.78, 5) is 10.4. The summed E-state index contributed by atoms with van der Waals surface area (Å²) < 4.78 is 1.95. The fraction of sp³-hybridized carbons (Fsp3) is 0.333. The number of rotatable bonds is 4. The lowest BCUT2D eigenvalue weighted by atomic mass is 10.2. The molecule has 0 radical (unpaired) electrons. The van der Waals surface area contributed by atoms with Crippen molar-refractivity contribution in [2.24, 2.45) is 5.73 Å². The van der Waals surface area contributed by atoms with Crippen LogP contribution in [0.4, 0.5) is 5.69 Å². The average Bonchev–Trinajstić information content (AvgIpc) is 3.16. The molecule has 0 saturated heterocycles. The number of nitro groups is 1. The van der Waals surface area contributed by atoms with Crippen molar-refractivity contribution >= 4 is 17.3 Å². The highest BCUT2D eigenvalue weighted by Gasteiger charge is 2.30. The van der Waals surface area contributed by atoms with E-state index in [4.69, 9.17) is 17.3 Å². The third-order valence-corrected chi connectivity index (χ3v) is 3.43. The van der Waals surface area contributed by atoms with Crippen LogP contribution in [0.1, 0.15) is 24.7 Å². The summed E-state index contributed by atoms with van der Waals surface area (Å²) in [7, 11) is 0. The second kappa shape index (κ2) is 4.84. The topological polar surface area (TPSA) is 99.9 Å². The molecular formula is C12H12ClN5O2. The highest BCUT2D eigenvalue weighted by molar-refractivity contribution is 6.31. The Hall–Kier alpha value is -1.99. The Morgan fingerprint density at radius 3 is 2.75 bits per heavy atom. The van der Waals surface area contributed by atoms with Crippen LogP contribution in [0.3, 0.4) is 0 Å². The Morgan fingerprint density at radius 2 is 2.15 bits per heavy atom. The highest BCUT2D eigenvalue weighted by Crippen LogP contribution is 2.39. The van der Waals surface area contributed by atoms with Crippen molar-refractivity contribution in [1.82, 2.24) is 14.8 Å². The van der Waals surface area contributed by atoms with Crippen LogP contribution in [0.25, 0.3) is 11.4 Å². The zero-order valence-corrected chi connectivity index (χ0v) is 11.2. The minimum absolute atomic E-state index is 0.0628. The molecular weight excluding hydrogens is 282 g/mol. The number of nitro benzene ring substituents is 1. The first-order valence-electron chi connectivity index (χ1n) is 6.19. The van der Waals surface area contributed by atoms with Crippen molar-refractivity contribution in [2.45, 2.75) is 25.4 Å². The molecule has 3 rings (SSSR count). The average molecular weight is 294 g/mol. The molecule has 1 fully saturated rings. The lowest BCUT2D eigenvalue weighted by Crippen LogP contribution is -2.08. The second-order valence-corrected chi connectivity index (χ2v) is 5.14. The van der Waals surface area contributed by atoms with E-state index < -0.39 is 4.92 Å². The summed E-state index contributed by atoms with van der Waals surface area (Å²) in [6, 6.07) is 4.75. The molecule has 0 aliphatic heterocycles. The predicted molar refractivity (Wildman–Crippen MR) is 73.3 cm³/mol. The molecule has 2 aromatic rings. The maximum absolute atomic E-state index is 10.9. The number of benzene rings is 1. The Labute approximate surface area is 119 Å². The standard InChI is InChI=1S/C12H12ClN5O2/c13-8-3-7(4-10(5-8)18(19)20)12-16-15-11(6-14)17(12)9-1-2-9/h3-5,9H,1-2,6,14H2. The predicted octanol–water partition coefficient (Wildman–Crippen LogP) is 2.30. The summed E-state index contributed by atoms with van der Waals surface area (Å²) >= 11 is 5.95. The first-order valence-corrected chi connectivity index (χ1v) is 6.57. The maximum Gasteiger partial charge on any atom is 0.271 e. The number of aromatic nitrogens is 3. The number of nitrogens with two attached hydrogens (primary N) is 1. The van der Waals surface area contributed by atoms with Crippen LogP contribution in [0.15, 0.2) is 18.2 Å². The van der Waals surface area contributed by atoms with Crippen molar-refractivity contribution in [1.29, 1.82) is 0 Å². The number of nitrogens with zero attached hydrogens (tertiary/aromatic N) is 4. The van der Waals surface area contributed by atoms with Gasteiger partial charge in [0.15, 0.2) is 5.82 Å². The molecule has 7 nitrogen and oxygen atoms in total. The van der Waals surface area contributed by atoms with Gasteiger partial charge in [-0.2, -0.15) is 0 Å². The van der Waals surface area contributed by atoms with Gasteiger partial charge in [-0.05, 0) is 18.9 Å². The fourth-order valence-electron chi connectivity index (χ4n) is 2.18. The Bertz CT molecular complexity index is 680. The summed E-state index contributed by atoms with van der Waals surface area (Å²) in [5.74, 6) is 1.27. The van der Waals surface area contributed by atoms with Gasteiger partial charge < -0.3 is 10.3 Å². The molecule has 104 valence electrons. The van der Waals surface area contributed by atoms with Gasteiger partial charge in [-0.3, -0.25) is 10.1 Å². The quantitative estimate of drug-likeness (QED) is 0.688. The third kappa shape index (κ3) is 2.25. The molecule has 0 amide bonds. The monoisotopic (exact) mass is 293 g/mol. The number of hydrogen-bond donors (Lipinski definition) is 1. The highest BCUT2D eigenvalue weighted by atomic mass is 35.5. The molecule has 0 bridgehead atoms. The van der Waals surface area contributed by atoms with E-state index in [2.05, 4.69) is 10.2 Å². The number of hydrogen-bond acceptors (Lipinski definition) is 5. The molecule has 1 aromatic carbocycles. The van der Waals surface area contributed by atoms with Gasteiger partial charge in [0.05, 0.1) is 11.5 Å². The summed E-state index contributed by atoms with van der Waals surface area (Å²) in [6.07, 6.45) is 2.08. The smallest absolute Gasteiger partial charge is 0.271 e. The number of non-ortho nitro benzene ring substituents is 1. The van der Waals surface area contributed by atoms with Crippen LogP contribution < -0.4 is 5.73 Å². The zero-order chi connectivity index (χ0) is 14.3.